The summed E-state index contributed by atoms with van der Waals surface area (Å²) in [4.78, 5) is 13.7. The first-order valence-corrected chi connectivity index (χ1v) is 5.45. The van der Waals surface area contributed by atoms with Crippen molar-refractivity contribution in [2.75, 3.05) is 11.4 Å². The molecule has 3 rings (SSSR count). The quantitative estimate of drug-likeness (QED) is 0.749. The van der Waals surface area contributed by atoms with Crippen LogP contribution in [-0.2, 0) is 4.79 Å². The van der Waals surface area contributed by atoms with Gasteiger partial charge in [-0.2, -0.15) is 0 Å². The number of anilines is 1. The highest BCUT2D eigenvalue weighted by atomic mass is 16.3. The lowest BCUT2D eigenvalue weighted by atomic mass is 9.99. The number of furan rings is 1. The first kappa shape index (κ1) is 8.97. The number of fused-ring (bicyclic) bond motifs is 1. The number of hydrogen-bond acceptors (Lipinski definition) is 3. The first-order valence-electron chi connectivity index (χ1n) is 5.45. The Kier molecular flexibility index (Phi) is 2.02. The second kappa shape index (κ2) is 3.38. The zero-order chi connectivity index (χ0) is 10.3. The van der Waals surface area contributed by atoms with Crippen LogP contribution in [0.25, 0.3) is 0 Å². The van der Waals surface area contributed by atoms with Crippen LogP contribution in [0.3, 0.4) is 0 Å². The average molecular weight is 206 g/mol. The molecule has 0 aliphatic carbocycles. The summed E-state index contributed by atoms with van der Waals surface area (Å²) in [6.45, 7) is 1.03. The summed E-state index contributed by atoms with van der Waals surface area (Å²) < 4.78 is 5.31. The third kappa shape index (κ3) is 1.36. The molecule has 2 unspecified atom stereocenters. The Morgan fingerprint density at radius 2 is 2.47 bits per heavy atom. The summed E-state index contributed by atoms with van der Waals surface area (Å²) in [5, 5.41) is 3.40. The largest absolute Gasteiger partial charge is 0.448 e. The summed E-state index contributed by atoms with van der Waals surface area (Å²) in [6, 6.07) is 4.29. The highest BCUT2D eigenvalue weighted by Crippen LogP contribution is 2.31. The number of rotatable bonds is 1. The van der Waals surface area contributed by atoms with Crippen LogP contribution >= 0.6 is 0 Å². The van der Waals surface area contributed by atoms with E-state index in [1.165, 1.54) is 0 Å². The maximum atomic E-state index is 11.9. The molecule has 4 nitrogen and oxygen atoms in total. The Morgan fingerprint density at radius 3 is 3.27 bits per heavy atom. The van der Waals surface area contributed by atoms with E-state index in [1.54, 1.807) is 6.26 Å². The molecule has 2 saturated heterocycles. The van der Waals surface area contributed by atoms with Gasteiger partial charge in [0.15, 0.2) is 0 Å². The topological polar surface area (TPSA) is 45.5 Å². The predicted octanol–water partition coefficient (Wildman–Crippen LogP) is 1.14. The molecule has 1 N–H and O–H groups in total. The molecule has 2 atom stereocenters. The second-order valence-corrected chi connectivity index (χ2v) is 4.19. The highest BCUT2D eigenvalue weighted by Gasteiger charge is 2.42. The van der Waals surface area contributed by atoms with Crippen LogP contribution in [0.4, 0.5) is 5.88 Å². The maximum Gasteiger partial charge on any atom is 0.231 e. The molecule has 15 heavy (non-hydrogen) atoms. The lowest BCUT2D eigenvalue weighted by Gasteiger charge is -2.30. The fraction of sp³-hybridized carbons (Fsp3) is 0.545. The molecule has 80 valence electrons. The van der Waals surface area contributed by atoms with E-state index in [-0.39, 0.29) is 11.9 Å². The summed E-state index contributed by atoms with van der Waals surface area (Å²) in [5.41, 5.74) is 0. The van der Waals surface area contributed by atoms with E-state index in [0.717, 1.165) is 19.4 Å². The van der Waals surface area contributed by atoms with Gasteiger partial charge in [-0.3, -0.25) is 9.69 Å². The SMILES string of the molecule is O=C1CC2NCCCC2N1c1ccco1. The number of piperidine rings is 1. The van der Waals surface area contributed by atoms with Gasteiger partial charge in [0.25, 0.3) is 0 Å². The monoisotopic (exact) mass is 206 g/mol. The van der Waals surface area contributed by atoms with E-state index in [9.17, 15) is 4.79 Å². The van der Waals surface area contributed by atoms with E-state index in [0.29, 0.717) is 18.3 Å². The first-order chi connectivity index (χ1) is 7.36. The molecular formula is C11H14N2O2. The third-order valence-electron chi connectivity index (χ3n) is 3.29. The van der Waals surface area contributed by atoms with Crippen molar-refractivity contribution in [1.29, 1.82) is 0 Å². The average Bonchev–Trinajstić information content (AvgIpc) is 2.82. The van der Waals surface area contributed by atoms with Crippen LogP contribution in [0.1, 0.15) is 19.3 Å². The fourth-order valence-corrected chi connectivity index (χ4v) is 2.62. The number of nitrogens with zero attached hydrogens (tertiary/aromatic N) is 1. The predicted molar refractivity (Wildman–Crippen MR) is 55.6 cm³/mol. The normalized spacial score (nSPS) is 30.7. The summed E-state index contributed by atoms with van der Waals surface area (Å²) in [7, 11) is 0. The van der Waals surface area contributed by atoms with Crippen molar-refractivity contribution >= 4 is 11.8 Å². The zero-order valence-electron chi connectivity index (χ0n) is 8.48. The van der Waals surface area contributed by atoms with Crippen molar-refractivity contribution < 1.29 is 9.21 Å². The molecule has 1 amide bonds. The van der Waals surface area contributed by atoms with E-state index >= 15 is 0 Å². The minimum atomic E-state index is 0.175. The minimum Gasteiger partial charge on any atom is -0.448 e. The van der Waals surface area contributed by atoms with Gasteiger partial charge in [-0.25, -0.2) is 0 Å². The molecule has 1 aromatic heterocycles. The lowest BCUT2D eigenvalue weighted by molar-refractivity contribution is -0.117. The Balaban J connectivity index is 1.91. The molecule has 2 aliphatic heterocycles. The van der Waals surface area contributed by atoms with Gasteiger partial charge >= 0.3 is 0 Å². The number of carbonyl (C=O) groups is 1. The van der Waals surface area contributed by atoms with Crippen molar-refractivity contribution in [2.45, 2.75) is 31.3 Å². The van der Waals surface area contributed by atoms with E-state index < -0.39 is 0 Å². The van der Waals surface area contributed by atoms with Gasteiger partial charge in [0.05, 0.1) is 12.3 Å². The molecule has 1 aromatic rings. The maximum absolute atomic E-state index is 11.9. The number of amides is 1. The van der Waals surface area contributed by atoms with Crippen LogP contribution in [0.5, 0.6) is 0 Å². The van der Waals surface area contributed by atoms with Gasteiger partial charge in [0, 0.05) is 18.5 Å². The Hall–Kier alpha value is -1.29. The van der Waals surface area contributed by atoms with Crippen LogP contribution in [-0.4, -0.2) is 24.5 Å². The van der Waals surface area contributed by atoms with Gasteiger partial charge in [-0.05, 0) is 25.5 Å². The fourth-order valence-electron chi connectivity index (χ4n) is 2.62. The van der Waals surface area contributed by atoms with Crippen LogP contribution < -0.4 is 10.2 Å². The number of nitrogens with one attached hydrogen (secondary N) is 1. The molecule has 0 bridgehead atoms. The van der Waals surface area contributed by atoms with Crippen molar-refractivity contribution in [3.05, 3.63) is 18.4 Å². The van der Waals surface area contributed by atoms with Crippen LogP contribution in [0.2, 0.25) is 0 Å². The molecule has 3 heterocycles. The van der Waals surface area contributed by atoms with Crippen molar-refractivity contribution in [2.24, 2.45) is 0 Å². The summed E-state index contributed by atoms with van der Waals surface area (Å²) in [5.74, 6) is 0.866. The zero-order valence-corrected chi connectivity index (χ0v) is 8.48. The third-order valence-corrected chi connectivity index (χ3v) is 3.29. The van der Waals surface area contributed by atoms with Crippen molar-refractivity contribution in [3.63, 3.8) is 0 Å². The van der Waals surface area contributed by atoms with E-state index in [2.05, 4.69) is 5.32 Å². The van der Waals surface area contributed by atoms with Crippen molar-refractivity contribution in [3.8, 4) is 0 Å². The number of carbonyl (C=O) groups excluding carboxylic acids is 1. The highest BCUT2D eigenvalue weighted by molar-refractivity contribution is 5.96. The molecule has 0 radical (unpaired) electrons. The second-order valence-electron chi connectivity index (χ2n) is 4.19. The van der Waals surface area contributed by atoms with Gasteiger partial charge < -0.3 is 9.73 Å². The van der Waals surface area contributed by atoms with Gasteiger partial charge in [0.1, 0.15) is 0 Å². The number of hydrogen-bond donors (Lipinski definition) is 1. The Labute approximate surface area is 88.2 Å². The Morgan fingerprint density at radius 1 is 1.53 bits per heavy atom. The summed E-state index contributed by atoms with van der Waals surface area (Å²) >= 11 is 0. The Bertz CT molecular complexity index is 361. The van der Waals surface area contributed by atoms with E-state index in [1.807, 2.05) is 17.0 Å². The van der Waals surface area contributed by atoms with Gasteiger partial charge in [-0.15, -0.1) is 0 Å². The van der Waals surface area contributed by atoms with Gasteiger partial charge in [-0.1, -0.05) is 0 Å². The van der Waals surface area contributed by atoms with Crippen LogP contribution in [0.15, 0.2) is 22.8 Å². The molecule has 0 saturated carbocycles. The van der Waals surface area contributed by atoms with Gasteiger partial charge in [0.2, 0.25) is 11.8 Å². The lowest BCUT2D eigenvalue weighted by Crippen LogP contribution is -2.47. The molecule has 4 heteroatoms. The minimum absolute atomic E-state index is 0.175. The van der Waals surface area contributed by atoms with Crippen LogP contribution in [0, 0.1) is 0 Å². The summed E-state index contributed by atoms with van der Waals surface area (Å²) in [6.07, 6.45) is 4.42. The standard InChI is InChI=1S/C11H14N2O2/c14-10-7-8-9(3-1-5-12-8)13(10)11-4-2-6-15-11/h2,4,6,8-9,12H,1,3,5,7H2. The van der Waals surface area contributed by atoms with Crippen molar-refractivity contribution in [1.82, 2.24) is 5.32 Å². The molecule has 0 aromatic carbocycles. The molecule has 0 spiro atoms. The molecular weight excluding hydrogens is 192 g/mol. The molecule has 2 fully saturated rings. The smallest absolute Gasteiger partial charge is 0.231 e. The molecule has 2 aliphatic rings. The van der Waals surface area contributed by atoms with E-state index in [4.69, 9.17) is 4.42 Å².